The van der Waals surface area contributed by atoms with Gasteiger partial charge in [0, 0.05) is 13.0 Å². The smallest absolute Gasteiger partial charge is 0.344 e. The van der Waals surface area contributed by atoms with E-state index in [0.29, 0.717) is 11.7 Å². The maximum absolute atomic E-state index is 11.2. The molecule has 4 nitrogen and oxygen atoms in total. The number of benzene rings is 1. The molecule has 0 spiro atoms. The maximum atomic E-state index is 11.2. The van der Waals surface area contributed by atoms with Crippen molar-refractivity contribution in [2.24, 2.45) is 0 Å². The molecule has 4 heteroatoms. The minimum Gasteiger partial charge on any atom is -0.479 e. The van der Waals surface area contributed by atoms with Gasteiger partial charge in [0.25, 0.3) is 0 Å². The molecule has 0 aliphatic heterocycles. The summed E-state index contributed by atoms with van der Waals surface area (Å²) < 4.78 is 5.62. The van der Waals surface area contributed by atoms with E-state index >= 15 is 0 Å². The fourth-order valence-corrected chi connectivity index (χ4v) is 2.94. The van der Waals surface area contributed by atoms with Gasteiger partial charge in [0.2, 0.25) is 0 Å². The summed E-state index contributed by atoms with van der Waals surface area (Å²) >= 11 is 0. The van der Waals surface area contributed by atoms with Gasteiger partial charge in [0.15, 0.2) is 6.10 Å². The Labute approximate surface area is 125 Å². The summed E-state index contributed by atoms with van der Waals surface area (Å²) in [6, 6.07) is 6.11. The van der Waals surface area contributed by atoms with Gasteiger partial charge in [0.05, 0.1) is 0 Å². The lowest BCUT2D eigenvalue weighted by molar-refractivity contribution is -0.145. The van der Waals surface area contributed by atoms with Gasteiger partial charge >= 0.3 is 5.97 Å². The van der Waals surface area contributed by atoms with Crippen molar-refractivity contribution in [3.8, 4) is 5.75 Å². The van der Waals surface area contributed by atoms with Crippen LogP contribution in [0, 0.1) is 6.92 Å². The van der Waals surface area contributed by atoms with E-state index < -0.39 is 12.1 Å². The Bertz CT molecular complexity index is 478. The molecule has 1 fully saturated rings. The number of carbonyl (C=O) groups is 1. The average molecular weight is 292 g/mol. The van der Waals surface area contributed by atoms with E-state index in [2.05, 4.69) is 6.07 Å². The van der Waals surface area contributed by atoms with Gasteiger partial charge in [-0.05, 0) is 42.9 Å². The van der Waals surface area contributed by atoms with Crippen molar-refractivity contribution in [1.29, 1.82) is 0 Å². The first-order valence-corrected chi connectivity index (χ1v) is 7.72. The van der Waals surface area contributed by atoms with Crippen LogP contribution in [0.4, 0.5) is 0 Å². The molecular formula is C17H24O4. The summed E-state index contributed by atoms with van der Waals surface area (Å²) in [5.41, 5.74) is 2.17. The second-order valence-electron chi connectivity index (χ2n) is 5.82. The van der Waals surface area contributed by atoms with Gasteiger partial charge in [-0.1, -0.05) is 31.4 Å². The topological polar surface area (TPSA) is 66.8 Å². The van der Waals surface area contributed by atoms with Crippen molar-refractivity contribution in [3.63, 3.8) is 0 Å². The second kappa shape index (κ2) is 7.46. The number of aliphatic carboxylic acids is 1. The molecule has 1 atom stereocenters. The molecule has 2 rings (SSSR count). The minimum atomic E-state index is -1.04. The molecule has 1 aliphatic rings. The quantitative estimate of drug-likeness (QED) is 0.844. The molecule has 0 heterocycles. The number of rotatable bonds is 6. The third kappa shape index (κ3) is 4.21. The molecular weight excluding hydrogens is 268 g/mol. The molecule has 0 radical (unpaired) electrons. The molecule has 1 aromatic rings. The van der Waals surface area contributed by atoms with Gasteiger partial charge in [-0.15, -0.1) is 0 Å². The predicted molar refractivity (Wildman–Crippen MR) is 80.8 cm³/mol. The van der Waals surface area contributed by atoms with E-state index in [1.54, 1.807) is 0 Å². The Hall–Kier alpha value is -1.55. The Morgan fingerprint density at radius 3 is 2.67 bits per heavy atom. The number of carboxylic acid groups (broad SMARTS) is 1. The molecule has 1 aliphatic carbocycles. The van der Waals surface area contributed by atoms with Crippen LogP contribution >= 0.6 is 0 Å². The fourth-order valence-electron chi connectivity index (χ4n) is 2.94. The number of hydrogen-bond donors (Lipinski definition) is 2. The van der Waals surface area contributed by atoms with Crippen LogP contribution in [0.25, 0.3) is 0 Å². The predicted octanol–water partition coefficient (Wildman–Crippen LogP) is 3.26. The molecule has 1 aromatic carbocycles. The van der Waals surface area contributed by atoms with Crippen molar-refractivity contribution in [3.05, 3.63) is 29.3 Å². The number of aliphatic hydroxyl groups is 1. The van der Waals surface area contributed by atoms with Crippen molar-refractivity contribution in [2.45, 2.75) is 57.5 Å². The summed E-state index contributed by atoms with van der Waals surface area (Å²) in [6.45, 7) is 1.72. The Kier molecular flexibility index (Phi) is 5.62. The first-order valence-electron chi connectivity index (χ1n) is 7.72. The van der Waals surface area contributed by atoms with Gasteiger partial charge < -0.3 is 14.9 Å². The van der Waals surface area contributed by atoms with E-state index in [1.165, 1.54) is 37.7 Å². The van der Waals surface area contributed by atoms with Gasteiger partial charge in [-0.25, -0.2) is 4.79 Å². The third-order valence-electron chi connectivity index (χ3n) is 4.22. The second-order valence-corrected chi connectivity index (χ2v) is 5.82. The largest absolute Gasteiger partial charge is 0.479 e. The van der Waals surface area contributed by atoms with Gasteiger partial charge in [-0.2, -0.15) is 0 Å². The Morgan fingerprint density at radius 2 is 2.05 bits per heavy atom. The van der Waals surface area contributed by atoms with Crippen LogP contribution in [0.1, 0.15) is 55.6 Å². The lowest BCUT2D eigenvalue weighted by Gasteiger charge is -2.23. The van der Waals surface area contributed by atoms with E-state index in [-0.39, 0.29) is 13.0 Å². The average Bonchev–Trinajstić information content (AvgIpc) is 2.49. The maximum Gasteiger partial charge on any atom is 0.344 e. The number of hydrogen-bond acceptors (Lipinski definition) is 3. The number of carboxylic acids is 1. The monoisotopic (exact) mass is 292 g/mol. The number of aryl methyl sites for hydroxylation is 1. The van der Waals surface area contributed by atoms with Crippen molar-refractivity contribution in [2.75, 3.05) is 6.61 Å². The zero-order chi connectivity index (χ0) is 15.2. The summed E-state index contributed by atoms with van der Waals surface area (Å²) in [7, 11) is 0. The highest BCUT2D eigenvalue weighted by molar-refractivity contribution is 5.72. The molecule has 1 saturated carbocycles. The highest BCUT2D eigenvalue weighted by atomic mass is 16.5. The van der Waals surface area contributed by atoms with Crippen molar-refractivity contribution >= 4 is 5.97 Å². The van der Waals surface area contributed by atoms with Gasteiger partial charge in [-0.3, -0.25) is 0 Å². The Balaban J connectivity index is 2.16. The molecule has 2 N–H and O–H groups in total. The van der Waals surface area contributed by atoms with Crippen LogP contribution < -0.4 is 4.74 Å². The normalized spacial score (nSPS) is 17.4. The zero-order valence-electron chi connectivity index (χ0n) is 12.5. The molecule has 21 heavy (non-hydrogen) atoms. The van der Waals surface area contributed by atoms with Crippen LogP contribution in [0.2, 0.25) is 0 Å². The van der Waals surface area contributed by atoms with Crippen molar-refractivity contribution in [1.82, 2.24) is 0 Å². The first-order chi connectivity index (χ1) is 10.1. The number of aliphatic hydroxyl groups excluding tert-OH is 1. The summed E-state index contributed by atoms with van der Waals surface area (Å²) in [5, 5.41) is 18.1. The standard InChI is InChI=1S/C17H24O4/c1-12-7-8-14(13-5-3-2-4-6-13)11-16(12)21-15(9-10-18)17(19)20/h7-8,11,13,15,18H,2-6,9-10H2,1H3,(H,19,20). The van der Waals surface area contributed by atoms with E-state index in [0.717, 1.165) is 5.56 Å². The van der Waals surface area contributed by atoms with Crippen LogP contribution in [-0.4, -0.2) is 28.9 Å². The molecule has 0 amide bonds. The molecule has 1 unspecified atom stereocenters. The first kappa shape index (κ1) is 15.8. The minimum absolute atomic E-state index is 0.0996. The lowest BCUT2D eigenvalue weighted by Crippen LogP contribution is -2.28. The SMILES string of the molecule is Cc1ccc(C2CCCCC2)cc1OC(CCO)C(=O)O. The summed E-state index contributed by atoms with van der Waals surface area (Å²) in [4.78, 5) is 11.2. The number of ether oxygens (including phenoxy) is 1. The fraction of sp³-hybridized carbons (Fsp3) is 0.588. The van der Waals surface area contributed by atoms with Crippen molar-refractivity contribution < 1.29 is 19.7 Å². The van der Waals surface area contributed by atoms with Gasteiger partial charge in [0.1, 0.15) is 5.75 Å². The highest BCUT2D eigenvalue weighted by Gasteiger charge is 2.21. The summed E-state index contributed by atoms with van der Waals surface area (Å²) in [5.74, 6) is 0.147. The third-order valence-corrected chi connectivity index (χ3v) is 4.22. The molecule has 116 valence electrons. The Morgan fingerprint density at radius 1 is 1.33 bits per heavy atom. The van der Waals surface area contributed by atoms with Crippen LogP contribution in [0.3, 0.4) is 0 Å². The molecule has 0 bridgehead atoms. The molecule has 0 aromatic heterocycles. The molecule has 0 saturated heterocycles. The van der Waals surface area contributed by atoms with E-state index in [1.807, 2.05) is 19.1 Å². The lowest BCUT2D eigenvalue weighted by atomic mass is 9.84. The highest BCUT2D eigenvalue weighted by Crippen LogP contribution is 2.35. The van der Waals surface area contributed by atoms with E-state index in [9.17, 15) is 4.79 Å². The summed E-state index contributed by atoms with van der Waals surface area (Å²) in [6.07, 6.45) is 5.33. The van der Waals surface area contributed by atoms with Crippen LogP contribution in [-0.2, 0) is 4.79 Å². The van der Waals surface area contributed by atoms with Crippen LogP contribution in [0.5, 0.6) is 5.75 Å². The van der Waals surface area contributed by atoms with E-state index in [4.69, 9.17) is 14.9 Å². The zero-order valence-corrected chi connectivity index (χ0v) is 12.5. The van der Waals surface area contributed by atoms with Crippen LogP contribution in [0.15, 0.2) is 18.2 Å².